The van der Waals surface area contributed by atoms with E-state index in [1.807, 2.05) is 6.92 Å². The second-order valence-corrected chi connectivity index (χ2v) is 6.34. The van der Waals surface area contributed by atoms with Crippen molar-refractivity contribution in [2.75, 3.05) is 0 Å². The molecular weight excluding hydrogens is 258 g/mol. The molecule has 0 fully saturated rings. The van der Waals surface area contributed by atoms with Gasteiger partial charge in [-0.2, -0.15) is 8.78 Å². The van der Waals surface area contributed by atoms with E-state index in [4.69, 9.17) is 0 Å². The summed E-state index contributed by atoms with van der Waals surface area (Å²) in [6.07, 6.45) is 2.03. The van der Waals surface area contributed by atoms with E-state index in [-0.39, 0.29) is 11.3 Å². The number of hydrogen-bond acceptors (Lipinski definition) is 2. The van der Waals surface area contributed by atoms with Gasteiger partial charge in [0.2, 0.25) is 9.84 Å². The van der Waals surface area contributed by atoms with E-state index in [1.54, 1.807) is 6.07 Å². The van der Waals surface area contributed by atoms with E-state index in [2.05, 4.69) is 0 Å². The van der Waals surface area contributed by atoms with E-state index in [0.29, 0.717) is 6.42 Å². The lowest BCUT2D eigenvalue weighted by Crippen LogP contribution is -2.28. The van der Waals surface area contributed by atoms with Gasteiger partial charge >= 0.3 is 5.25 Å². The summed E-state index contributed by atoms with van der Waals surface area (Å²) in [5.74, 6) is 0. The minimum Gasteiger partial charge on any atom is -0.217 e. The number of rotatable bonds is 7. The van der Waals surface area contributed by atoms with Gasteiger partial charge < -0.3 is 0 Å². The van der Waals surface area contributed by atoms with Crippen LogP contribution in [0.1, 0.15) is 39.0 Å². The lowest BCUT2D eigenvalue weighted by molar-refractivity contribution is 0.0788. The monoisotopic (exact) mass is 276 g/mol. The topological polar surface area (TPSA) is 34.1 Å². The molecular formula is C13H18F2O2S. The average molecular weight is 276 g/mol. The molecule has 5 heteroatoms. The zero-order chi connectivity index (χ0) is 13.6. The number of unbranched alkanes of at least 4 members (excludes halogenated alkanes) is 3. The molecule has 2 nitrogen and oxygen atoms in total. The molecule has 1 rings (SSSR count). The Balaban J connectivity index is 2.77. The maximum absolute atomic E-state index is 13.7. The van der Waals surface area contributed by atoms with Gasteiger partial charge in [-0.15, -0.1) is 0 Å². The number of sulfone groups is 1. The van der Waals surface area contributed by atoms with Crippen LogP contribution in [0.3, 0.4) is 0 Å². The van der Waals surface area contributed by atoms with Crippen LogP contribution in [0.4, 0.5) is 8.78 Å². The molecule has 0 saturated heterocycles. The van der Waals surface area contributed by atoms with Crippen LogP contribution in [0.5, 0.6) is 0 Å². The third kappa shape index (κ3) is 3.51. The lowest BCUT2D eigenvalue weighted by atomic mass is 10.2. The number of benzene rings is 1. The molecule has 0 spiro atoms. The highest BCUT2D eigenvalue weighted by Gasteiger charge is 2.44. The molecule has 0 N–H and O–H groups in total. The molecule has 0 atom stereocenters. The number of alkyl halides is 2. The van der Waals surface area contributed by atoms with Crippen LogP contribution in [0.25, 0.3) is 0 Å². The van der Waals surface area contributed by atoms with Gasteiger partial charge in [-0.05, 0) is 18.6 Å². The van der Waals surface area contributed by atoms with Crippen LogP contribution >= 0.6 is 0 Å². The summed E-state index contributed by atoms with van der Waals surface area (Å²) in [5.41, 5.74) is 0. The average Bonchev–Trinajstić information content (AvgIpc) is 2.35. The molecule has 0 heterocycles. The molecule has 102 valence electrons. The van der Waals surface area contributed by atoms with Gasteiger partial charge in [0.05, 0.1) is 4.90 Å². The largest absolute Gasteiger partial charge is 0.350 e. The predicted octanol–water partition coefficient (Wildman–Crippen LogP) is 4.02. The van der Waals surface area contributed by atoms with Gasteiger partial charge in [0, 0.05) is 6.42 Å². The zero-order valence-corrected chi connectivity index (χ0v) is 11.2. The standard InChI is InChI=1S/C13H18F2O2S/c1-2-3-4-8-11-13(14,15)18(16,17)12-9-6-5-7-10-12/h5-7,9-10H,2-4,8,11H2,1H3. The van der Waals surface area contributed by atoms with Crippen LogP contribution in [-0.4, -0.2) is 13.7 Å². The normalized spacial score (nSPS) is 12.6. The Morgan fingerprint density at radius 2 is 1.67 bits per heavy atom. The molecule has 1 aromatic rings. The van der Waals surface area contributed by atoms with Crippen molar-refractivity contribution in [3.63, 3.8) is 0 Å². The molecule has 0 amide bonds. The number of hydrogen-bond donors (Lipinski definition) is 0. The lowest BCUT2D eigenvalue weighted by Gasteiger charge is -2.16. The quantitative estimate of drug-likeness (QED) is 0.705. The summed E-state index contributed by atoms with van der Waals surface area (Å²) in [4.78, 5) is -0.314. The summed E-state index contributed by atoms with van der Waals surface area (Å²) < 4.78 is 51.0. The first-order valence-corrected chi connectivity index (χ1v) is 7.57. The Labute approximate surface area is 107 Å². The third-order valence-electron chi connectivity index (χ3n) is 2.77. The van der Waals surface area contributed by atoms with E-state index < -0.39 is 21.5 Å². The van der Waals surface area contributed by atoms with Crippen LogP contribution < -0.4 is 0 Å². The van der Waals surface area contributed by atoms with Gasteiger partial charge in [0.15, 0.2) is 0 Å². The maximum atomic E-state index is 13.7. The molecule has 0 unspecified atom stereocenters. The summed E-state index contributed by atoms with van der Waals surface area (Å²) in [6, 6.07) is 6.89. The van der Waals surface area contributed by atoms with E-state index in [0.717, 1.165) is 12.8 Å². The maximum Gasteiger partial charge on any atom is 0.350 e. The van der Waals surface area contributed by atoms with Crippen molar-refractivity contribution >= 4 is 9.84 Å². The first kappa shape index (κ1) is 15.1. The Bertz CT molecular complexity index is 455. The summed E-state index contributed by atoms with van der Waals surface area (Å²) >= 11 is 0. The van der Waals surface area contributed by atoms with Crippen molar-refractivity contribution in [1.82, 2.24) is 0 Å². The fraction of sp³-hybridized carbons (Fsp3) is 0.538. The Morgan fingerprint density at radius 1 is 1.06 bits per heavy atom. The van der Waals surface area contributed by atoms with Gasteiger partial charge in [0.25, 0.3) is 0 Å². The molecule has 1 aromatic carbocycles. The zero-order valence-electron chi connectivity index (χ0n) is 10.4. The Kier molecular flexibility index (Phi) is 5.26. The molecule has 0 aromatic heterocycles. The minimum atomic E-state index is -4.56. The molecule has 0 aliphatic rings. The molecule has 0 aliphatic heterocycles. The molecule has 18 heavy (non-hydrogen) atoms. The fourth-order valence-corrected chi connectivity index (χ4v) is 2.94. The van der Waals surface area contributed by atoms with Gasteiger partial charge in [-0.25, -0.2) is 8.42 Å². The van der Waals surface area contributed by atoms with E-state index in [9.17, 15) is 17.2 Å². The highest BCUT2D eigenvalue weighted by atomic mass is 32.2. The van der Waals surface area contributed by atoms with Gasteiger partial charge in [-0.1, -0.05) is 44.4 Å². The molecule has 0 saturated carbocycles. The molecule has 0 aliphatic carbocycles. The second-order valence-electron chi connectivity index (χ2n) is 4.26. The fourth-order valence-electron chi connectivity index (χ4n) is 1.66. The van der Waals surface area contributed by atoms with Crippen molar-refractivity contribution < 1.29 is 17.2 Å². The van der Waals surface area contributed by atoms with Crippen LogP contribution in [-0.2, 0) is 9.84 Å². The van der Waals surface area contributed by atoms with Crippen LogP contribution in [0.15, 0.2) is 35.2 Å². The van der Waals surface area contributed by atoms with Crippen molar-refractivity contribution in [2.45, 2.75) is 49.2 Å². The minimum absolute atomic E-state index is 0.229. The summed E-state index contributed by atoms with van der Waals surface area (Å²) in [6.45, 7) is 1.97. The number of halogens is 2. The van der Waals surface area contributed by atoms with Crippen molar-refractivity contribution in [3.05, 3.63) is 30.3 Å². The second kappa shape index (κ2) is 6.27. The Morgan fingerprint density at radius 3 is 2.22 bits per heavy atom. The van der Waals surface area contributed by atoms with Crippen LogP contribution in [0, 0.1) is 0 Å². The highest BCUT2D eigenvalue weighted by molar-refractivity contribution is 7.92. The van der Waals surface area contributed by atoms with Gasteiger partial charge in [0.1, 0.15) is 0 Å². The van der Waals surface area contributed by atoms with Gasteiger partial charge in [-0.3, -0.25) is 0 Å². The third-order valence-corrected chi connectivity index (χ3v) is 4.65. The molecule has 0 radical (unpaired) electrons. The summed E-state index contributed by atoms with van der Waals surface area (Å²) in [5, 5.41) is -3.68. The predicted molar refractivity (Wildman–Crippen MR) is 67.3 cm³/mol. The van der Waals surface area contributed by atoms with Crippen molar-refractivity contribution in [3.8, 4) is 0 Å². The Hall–Kier alpha value is -0.970. The first-order chi connectivity index (χ1) is 8.42. The van der Waals surface area contributed by atoms with Crippen molar-refractivity contribution in [2.24, 2.45) is 0 Å². The first-order valence-electron chi connectivity index (χ1n) is 6.09. The highest BCUT2D eigenvalue weighted by Crippen LogP contribution is 2.33. The van der Waals surface area contributed by atoms with E-state index in [1.165, 1.54) is 24.3 Å². The van der Waals surface area contributed by atoms with Crippen molar-refractivity contribution in [1.29, 1.82) is 0 Å². The molecule has 0 bridgehead atoms. The van der Waals surface area contributed by atoms with Crippen LogP contribution in [0.2, 0.25) is 0 Å². The smallest absolute Gasteiger partial charge is 0.217 e. The SMILES string of the molecule is CCCCCCC(F)(F)S(=O)(=O)c1ccccc1. The summed E-state index contributed by atoms with van der Waals surface area (Å²) in [7, 11) is -4.56. The van der Waals surface area contributed by atoms with E-state index >= 15 is 0 Å².